The van der Waals surface area contributed by atoms with Crippen LogP contribution in [-0.4, -0.2) is 39.5 Å². The maximum absolute atomic E-state index is 13.2. The number of carbonyl (C=O) groups is 1. The van der Waals surface area contributed by atoms with E-state index < -0.39 is 5.38 Å². The highest BCUT2D eigenvalue weighted by molar-refractivity contribution is 6.30. The van der Waals surface area contributed by atoms with Crippen molar-refractivity contribution >= 4 is 23.3 Å². The fourth-order valence-corrected chi connectivity index (χ4v) is 3.42. The van der Waals surface area contributed by atoms with E-state index in [0.29, 0.717) is 25.5 Å². The van der Waals surface area contributed by atoms with E-state index in [4.69, 9.17) is 11.6 Å². The van der Waals surface area contributed by atoms with Crippen LogP contribution < -0.4 is 5.32 Å². The molecule has 0 aliphatic heterocycles. The number of hydrogen-bond acceptors (Lipinski definition) is 4. The fourth-order valence-electron chi connectivity index (χ4n) is 3.29. The molecule has 0 saturated heterocycles. The minimum atomic E-state index is -0.595. The third-order valence-corrected chi connectivity index (χ3v) is 5.37. The molecule has 0 saturated carbocycles. The summed E-state index contributed by atoms with van der Waals surface area (Å²) in [6.45, 7) is 7.09. The summed E-state index contributed by atoms with van der Waals surface area (Å²) in [6, 6.07) is 16.0. The summed E-state index contributed by atoms with van der Waals surface area (Å²) in [5, 5.41) is 11.3. The second kappa shape index (κ2) is 10.4. The molecule has 1 aromatic heterocycles. The number of anilines is 1. The molecule has 1 unspecified atom stereocenters. The van der Waals surface area contributed by atoms with Crippen LogP contribution in [0.3, 0.4) is 0 Å². The normalized spacial score (nSPS) is 11.8. The Balaban J connectivity index is 1.69. The highest BCUT2D eigenvalue weighted by atomic mass is 35.5. The van der Waals surface area contributed by atoms with Crippen molar-refractivity contribution in [3.05, 3.63) is 77.1 Å². The molecule has 0 aliphatic rings. The highest BCUT2D eigenvalue weighted by Gasteiger charge is 2.19. The Labute approximate surface area is 187 Å². The molecule has 1 amide bonds. The van der Waals surface area contributed by atoms with Crippen LogP contribution in [0.1, 0.15) is 23.6 Å². The molecule has 1 heterocycles. The summed E-state index contributed by atoms with van der Waals surface area (Å²) >= 11 is 6.06. The smallest absolute Gasteiger partial charge is 0.240 e. The lowest BCUT2D eigenvalue weighted by Gasteiger charge is -2.24. The zero-order valence-corrected chi connectivity index (χ0v) is 18.7. The maximum Gasteiger partial charge on any atom is 0.240 e. The van der Waals surface area contributed by atoms with Crippen molar-refractivity contribution in [2.24, 2.45) is 0 Å². The first-order valence-electron chi connectivity index (χ1n) is 10.2. The molecule has 0 radical (unpaired) electrons. The second-order valence-electron chi connectivity index (χ2n) is 7.44. The quantitative estimate of drug-likeness (QED) is 0.502. The molecule has 0 aliphatic carbocycles. The predicted octanol–water partition coefficient (Wildman–Crippen LogP) is 4.97. The number of carbonyl (C=O) groups excluding carboxylic acids is 1. The Morgan fingerprint density at radius 2 is 1.74 bits per heavy atom. The van der Waals surface area contributed by atoms with Crippen molar-refractivity contribution in [3.8, 4) is 11.3 Å². The number of halogens is 2. The van der Waals surface area contributed by atoms with Crippen LogP contribution in [0, 0.1) is 19.7 Å². The third-order valence-electron chi connectivity index (χ3n) is 5.18. The van der Waals surface area contributed by atoms with Gasteiger partial charge in [-0.2, -0.15) is 0 Å². The first-order chi connectivity index (χ1) is 14.9. The number of alkyl halides is 1. The first kappa shape index (κ1) is 22.7. The van der Waals surface area contributed by atoms with Gasteiger partial charge in [-0.05, 0) is 61.7 Å². The molecule has 7 heteroatoms. The van der Waals surface area contributed by atoms with E-state index in [0.717, 1.165) is 27.9 Å². The summed E-state index contributed by atoms with van der Waals surface area (Å²) in [6.07, 6.45) is 0. The highest BCUT2D eigenvalue weighted by Crippen LogP contribution is 2.26. The first-order valence-corrected chi connectivity index (χ1v) is 10.6. The third kappa shape index (κ3) is 5.79. The maximum atomic E-state index is 13.2. The van der Waals surface area contributed by atoms with E-state index in [9.17, 15) is 9.18 Å². The van der Waals surface area contributed by atoms with Gasteiger partial charge in [0.15, 0.2) is 5.82 Å². The molecule has 5 nitrogen and oxygen atoms in total. The van der Waals surface area contributed by atoms with Crippen molar-refractivity contribution in [1.29, 1.82) is 0 Å². The van der Waals surface area contributed by atoms with Crippen LogP contribution in [0.25, 0.3) is 11.3 Å². The van der Waals surface area contributed by atoms with Gasteiger partial charge < -0.3 is 10.2 Å². The lowest BCUT2D eigenvalue weighted by molar-refractivity contribution is -0.130. The second-order valence-corrected chi connectivity index (χ2v) is 8.10. The fraction of sp³-hybridized carbons (Fsp3) is 0.292. The van der Waals surface area contributed by atoms with Crippen molar-refractivity contribution in [3.63, 3.8) is 0 Å². The van der Waals surface area contributed by atoms with Crippen LogP contribution in [0.4, 0.5) is 10.2 Å². The van der Waals surface area contributed by atoms with Gasteiger partial charge in [-0.15, -0.1) is 21.8 Å². The van der Waals surface area contributed by atoms with Gasteiger partial charge in [-0.3, -0.25) is 4.79 Å². The van der Waals surface area contributed by atoms with Crippen molar-refractivity contribution in [2.75, 3.05) is 18.4 Å². The lowest BCUT2D eigenvalue weighted by Crippen LogP contribution is -2.38. The summed E-state index contributed by atoms with van der Waals surface area (Å²) in [5.41, 5.74) is 4.51. The van der Waals surface area contributed by atoms with Crippen molar-refractivity contribution in [2.45, 2.75) is 32.7 Å². The average molecular weight is 441 g/mol. The molecule has 1 N–H and O–H groups in total. The van der Waals surface area contributed by atoms with Gasteiger partial charge in [-0.1, -0.05) is 30.3 Å². The Bertz CT molecular complexity index is 1030. The molecule has 0 bridgehead atoms. The molecule has 2 aromatic carbocycles. The molecule has 0 spiro atoms. The van der Waals surface area contributed by atoms with Crippen LogP contribution in [0.15, 0.2) is 54.6 Å². The number of amides is 1. The van der Waals surface area contributed by atoms with Gasteiger partial charge in [-0.25, -0.2) is 4.39 Å². The van der Waals surface area contributed by atoms with E-state index in [-0.39, 0.29) is 11.7 Å². The van der Waals surface area contributed by atoms with Crippen LogP contribution >= 0.6 is 11.6 Å². The van der Waals surface area contributed by atoms with Crippen molar-refractivity contribution < 1.29 is 9.18 Å². The molecule has 1 atom stereocenters. The van der Waals surface area contributed by atoms with Gasteiger partial charge in [0, 0.05) is 25.2 Å². The molecular formula is C24H26ClFN4O. The van der Waals surface area contributed by atoms with Crippen LogP contribution in [0.5, 0.6) is 0 Å². The summed E-state index contributed by atoms with van der Waals surface area (Å²) in [4.78, 5) is 14.3. The molecule has 3 rings (SSSR count). The van der Waals surface area contributed by atoms with E-state index in [1.54, 1.807) is 24.0 Å². The summed E-state index contributed by atoms with van der Waals surface area (Å²) in [7, 11) is 0. The minimum Gasteiger partial charge on any atom is -0.367 e. The minimum absolute atomic E-state index is 0.113. The van der Waals surface area contributed by atoms with Crippen LogP contribution in [0.2, 0.25) is 0 Å². The van der Waals surface area contributed by atoms with Crippen molar-refractivity contribution in [1.82, 2.24) is 15.1 Å². The Kier molecular flexibility index (Phi) is 7.58. The lowest BCUT2D eigenvalue weighted by atomic mass is 10.0. The van der Waals surface area contributed by atoms with Gasteiger partial charge in [0.2, 0.25) is 5.91 Å². The Morgan fingerprint density at radius 1 is 1.06 bits per heavy atom. The number of benzene rings is 2. The average Bonchev–Trinajstić information content (AvgIpc) is 2.77. The number of hydrogen-bond donors (Lipinski definition) is 1. The predicted molar refractivity (Wildman–Crippen MR) is 123 cm³/mol. The standard InChI is InChI=1S/C24H26ClFN4O/c1-16-17(2)23(29-28-22(16)20-9-11-21(26)12-10-20)27-13-14-30(24(31)18(3)25)15-19-7-5-4-6-8-19/h4-12,18H,13-15H2,1-3H3,(H,27,29). The van der Waals surface area contributed by atoms with E-state index in [2.05, 4.69) is 15.5 Å². The SMILES string of the molecule is Cc1c(NCCN(Cc2ccccc2)C(=O)C(C)Cl)nnc(-c2ccc(F)cc2)c1C. The number of nitrogens with one attached hydrogen (secondary N) is 1. The Morgan fingerprint density at radius 3 is 2.39 bits per heavy atom. The molecule has 3 aromatic rings. The topological polar surface area (TPSA) is 58.1 Å². The number of nitrogens with zero attached hydrogens (tertiary/aromatic N) is 3. The number of rotatable bonds is 8. The zero-order chi connectivity index (χ0) is 22.4. The zero-order valence-electron chi connectivity index (χ0n) is 17.9. The van der Waals surface area contributed by atoms with Gasteiger partial charge in [0.05, 0.1) is 5.69 Å². The summed E-state index contributed by atoms with van der Waals surface area (Å²) in [5.74, 6) is 0.262. The largest absolute Gasteiger partial charge is 0.367 e. The van der Waals surface area contributed by atoms with Gasteiger partial charge >= 0.3 is 0 Å². The molecule has 0 fully saturated rings. The van der Waals surface area contributed by atoms with E-state index >= 15 is 0 Å². The monoisotopic (exact) mass is 440 g/mol. The number of aromatic nitrogens is 2. The van der Waals surface area contributed by atoms with E-state index in [1.807, 2.05) is 44.2 Å². The van der Waals surface area contributed by atoms with Gasteiger partial charge in [0.25, 0.3) is 0 Å². The summed E-state index contributed by atoms with van der Waals surface area (Å²) < 4.78 is 13.2. The molecular weight excluding hydrogens is 415 g/mol. The van der Waals surface area contributed by atoms with E-state index in [1.165, 1.54) is 12.1 Å². The van der Waals surface area contributed by atoms with Gasteiger partial charge in [0.1, 0.15) is 11.2 Å². The Hall–Kier alpha value is -2.99. The molecule has 31 heavy (non-hydrogen) atoms. The van der Waals surface area contributed by atoms with Crippen LogP contribution in [-0.2, 0) is 11.3 Å². The molecule has 162 valence electrons.